The predicted octanol–water partition coefficient (Wildman–Crippen LogP) is 1.79. The van der Waals surface area contributed by atoms with E-state index in [1.807, 2.05) is 4.90 Å². The lowest BCUT2D eigenvalue weighted by Crippen LogP contribution is -2.49. The van der Waals surface area contributed by atoms with Crippen LogP contribution >= 0.6 is 0 Å². The molecular formula is C25H31N3O4. The monoisotopic (exact) mass is 437 g/mol. The molecule has 7 nitrogen and oxygen atoms in total. The molecule has 3 fully saturated rings. The van der Waals surface area contributed by atoms with Gasteiger partial charge in [-0.1, -0.05) is 12.2 Å². The van der Waals surface area contributed by atoms with E-state index in [0.717, 1.165) is 38.6 Å². The van der Waals surface area contributed by atoms with Crippen molar-refractivity contribution >= 4 is 11.8 Å². The van der Waals surface area contributed by atoms with Crippen LogP contribution in [0.1, 0.15) is 52.8 Å². The summed E-state index contributed by atoms with van der Waals surface area (Å²) in [6.45, 7) is 2.16. The van der Waals surface area contributed by atoms with Crippen LogP contribution in [0.5, 0.6) is 0 Å². The van der Waals surface area contributed by atoms with Crippen molar-refractivity contribution in [2.75, 3.05) is 26.3 Å². The number of aliphatic hydroxyl groups is 1. The summed E-state index contributed by atoms with van der Waals surface area (Å²) in [4.78, 5) is 27.5. The van der Waals surface area contributed by atoms with Crippen molar-refractivity contribution < 1.29 is 19.4 Å². The minimum atomic E-state index is -0.666. The molecule has 3 unspecified atom stereocenters. The number of hydrogen-bond donors (Lipinski definition) is 3. The molecule has 2 amide bonds. The van der Waals surface area contributed by atoms with Crippen LogP contribution in [0.25, 0.3) is 0 Å². The van der Waals surface area contributed by atoms with Gasteiger partial charge in [-0.15, -0.1) is 0 Å². The number of fused-ring (bicyclic) bond motifs is 3. The van der Waals surface area contributed by atoms with Gasteiger partial charge >= 0.3 is 0 Å². The quantitative estimate of drug-likeness (QED) is 0.653. The Labute approximate surface area is 188 Å². The molecule has 1 aromatic carbocycles. The zero-order chi connectivity index (χ0) is 22.1. The first-order valence-corrected chi connectivity index (χ1v) is 11.7. The van der Waals surface area contributed by atoms with E-state index in [-0.39, 0.29) is 36.5 Å². The first-order chi connectivity index (χ1) is 15.6. The molecular weight excluding hydrogens is 406 g/mol. The number of nitrogens with one attached hydrogen (secondary N) is 2. The van der Waals surface area contributed by atoms with E-state index in [0.29, 0.717) is 24.3 Å². The maximum Gasteiger partial charge on any atom is 0.254 e. The Morgan fingerprint density at radius 1 is 1.06 bits per heavy atom. The van der Waals surface area contributed by atoms with Gasteiger partial charge in [0, 0.05) is 30.3 Å². The van der Waals surface area contributed by atoms with Crippen molar-refractivity contribution in [1.82, 2.24) is 15.5 Å². The SMILES string of the molecule is O=C(NCC(O)[C@@H]1CC2=CCCC=C2CN1)c1ccc(C(=O)N2C3CCC2COC3)cc1. The fourth-order valence-corrected chi connectivity index (χ4v) is 5.31. The van der Waals surface area contributed by atoms with Crippen molar-refractivity contribution in [2.24, 2.45) is 0 Å². The smallest absolute Gasteiger partial charge is 0.254 e. The molecule has 2 bridgehead atoms. The molecule has 7 heteroatoms. The Kier molecular flexibility index (Phi) is 6.13. The molecule has 5 rings (SSSR count). The highest BCUT2D eigenvalue weighted by molar-refractivity contribution is 5.98. The van der Waals surface area contributed by atoms with Gasteiger partial charge in [0.15, 0.2) is 0 Å². The Bertz CT molecular complexity index is 923. The minimum Gasteiger partial charge on any atom is -0.390 e. The van der Waals surface area contributed by atoms with Crippen LogP contribution in [-0.4, -0.2) is 72.4 Å². The first-order valence-electron chi connectivity index (χ1n) is 11.7. The fourth-order valence-electron chi connectivity index (χ4n) is 5.31. The average Bonchev–Trinajstić information content (AvgIpc) is 3.09. The van der Waals surface area contributed by atoms with E-state index in [4.69, 9.17) is 4.74 Å². The maximum absolute atomic E-state index is 13.0. The van der Waals surface area contributed by atoms with Crippen LogP contribution in [0, 0.1) is 0 Å². The summed E-state index contributed by atoms with van der Waals surface area (Å²) in [6.07, 6.45) is 8.77. The Hall–Kier alpha value is -2.48. The molecule has 0 radical (unpaired) electrons. The second-order valence-electron chi connectivity index (χ2n) is 9.22. The van der Waals surface area contributed by atoms with E-state index in [9.17, 15) is 14.7 Å². The van der Waals surface area contributed by atoms with Crippen molar-refractivity contribution in [3.05, 3.63) is 58.7 Å². The van der Waals surface area contributed by atoms with Gasteiger partial charge in [0.25, 0.3) is 11.8 Å². The van der Waals surface area contributed by atoms with E-state index in [1.165, 1.54) is 11.1 Å². The van der Waals surface area contributed by atoms with Crippen LogP contribution in [-0.2, 0) is 4.74 Å². The lowest BCUT2D eigenvalue weighted by molar-refractivity contribution is -0.00716. The predicted molar refractivity (Wildman–Crippen MR) is 120 cm³/mol. The van der Waals surface area contributed by atoms with Gasteiger partial charge in [-0.05, 0) is 67.5 Å². The molecule has 0 spiro atoms. The number of benzene rings is 1. The molecule has 4 aliphatic rings. The van der Waals surface area contributed by atoms with Crippen LogP contribution in [0.3, 0.4) is 0 Å². The third kappa shape index (κ3) is 4.25. The van der Waals surface area contributed by atoms with Gasteiger partial charge in [-0.25, -0.2) is 0 Å². The molecule has 170 valence electrons. The lowest BCUT2D eigenvalue weighted by Gasteiger charge is -2.34. The zero-order valence-corrected chi connectivity index (χ0v) is 18.3. The number of piperidine rings is 1. The zero-order valence-electron chi connectivity index (χ0n) is 18.3. The second kappa shape index (κ2) is 9.17. The molecule has 0 saturated carbocycles. The number of rotatable bonds is 5. The summed E-state index contributed by atoms with van der Waals surface area (Å²) in [5.74, 6) is -0.236. The molecule has 3 saturated heterocycles. The molecule has 3 heterocycles. The van der Waals surface area contributed by atoms with Gasteiger partial charge in [-0.2, -0.15) is 0 Å². The van der Waals surface area contributed by atoms with Crippen molar-refractivity contribution in [2.45, 2.75) is 56.3 Å². The Morgan fingerprint density at radius 3 is 2.44 bits per heavy atom. The Balaban J connectivity index is 1.14. The van der Waals surface area contributed by atoms with Gasteiger partial charge in [0.2, 0.25) is 0 Å². The van der Waals surface area contributed by atoms with Crippen molar-refractivity contribution in [3.63, 3.8) is 0 Å². The van der Waals surface area contributed by atoms with Crippen LogP contribution < -0.4 is 10.6 Å². The minimum absolute atomic E-state index is 0.0111. The number of allylic oxidation sites excluding steroid dienone is 2. The Morgan fingerprint density at radius 2 is 1.72 bits per heavy atom. The lowest BCUT2D eigenvalue weighted by atomic mass is 9.87. The van der Waals surface area contributed by atoms with Crippen LogP contribution in [0.4, 0.5) is 0 Å². The molecule has 0 aromatic heterocycles. The van der Waals surface area contributed by atoms with Gasteiger partial charge < -0.3 is 25.4 Å². The molecule has 1 aliphatic carbocycles. The second-order valence-corrected chi connectivity index (χ2v) is 9.22. The highest BCUT2D eigenvalue weighted by atomic mass is 16.5. The third-order valence-corrected chi connectivity index (χ3v) is 7.16. The van der Waals surface area contributed by atoms with E-state index in [2.05, 4.69) is 22.8 Å². The number of carbonyl (C=O) groups is 2. The van der Waals surface area contributed by atoms with Gasteiger partial charge in [-0.3, -0.25) is 9.59 Å². The summed E-state index contributed by atoms with van der Waals surface area (Å²) < 4.78 is 5.56. The van der Waals surface area contributed by atoms with Gasteiger partial charge in [0.1, 0.15) is 0 Å². The summed E-state index contributed by atoms with van der Waals surface area (Å²) in [6, 6.07) is 7.05. The summed E-state index contributed by atoms with van der Waals surface area (Å²) in [5, 5.41) is 16.8. The first kappa shape index (κ1) is 21.4. The summed E-state index contributed by atoms with van der Waals surface area (Å²) >= 11 is 0. The van der Waals surface area contributed by atoms with Crippen molar-refractivity contribution in [3.8, 4) is 0 Å². The fraction of sp³-hybridized carbons (Fsp3) is 0.520. The highest BCUT2D eigenvalue weighted by Crippen LogP contribution is 2.30. The van der Waals surface area contributed by atoms with E-state index >= 15 is 0 Å². The topological polar surface area (TPSA) is 90.9 Å². The number of amides is 2. The summed E-state index contributed by atoms with van der Waals surface area (Å²) in [5.41, 5.74) is 3.73. The summed E-state index contributed by atoms with van der Waals surface area (Å²) in [7, 11) is 0. The molecule has 4 atom stereocenters. The normalized spacial score (nSPS) is 27.8. The standard InChI is InChI=1S/C25H31N3O4/c29-23(22-11-18-3-1-2-4-19(18)12-26-22)13-27-24(30)16-5-7-17(8-6-16)25(31)28-20-9-10-21(28)15-32-14-20/h3-8,20-23,26,29H,1-2,9-15H2,(H,27,30)/t20?,21?,22-,23?/m0/s1. The molecule has 32 heavy (non-hydrogen) atoms. The number of morpholine rings is 1. The van der Waals surface area contributed by atoms with E-state index < -0.39 is 6.10 Å². The number of aliphatic hydroxyl groups excluding tert-OH is 1. The number of ether oxygens (including phenoxy) is 1. The van der Waals surface area contributed by atoms with Crippen LogP contribution in [0.15, 0.2) is 47.6 Å². The third-order valence-electron chi connectivity index (χ3n) is 7.16. The molecule has 1 aromatic rings. The maximum atomic E-state index is 13.0. The van der Waals surface area contributed by atoms with Crippen LogP contribution in [0.2, 0.25) is 0 Å². The number of hydrogen-bond acceptors (Lipinski definition) is 5. The average molecular weight is 438 g/mol. The van der Waals surface area contributed by atoms with Gasteiger partial charge in [0.05, 0.1) is 31.4 Å². The molecule has 3 N–H and O–H groups in total. The number of nitrogens with zero attached hydrogens (tertiary/aromatic N) is 1. The molecule has 3 aliphatic heterocycles. The van der Waals surface area contributed by atoms with Crippen molar-refractivity contribution in [1.29, 1.82) is 0 Å². The van der Waals surface area contributed by atoms with E-state index in [1.54, 1.807) is 24.3 Å². The largest absolute Gasteiger partial charge is 0.390 e. The number of carbonyl (C=O) groups excluding carboxylic acids is 2. The highest BCUT2D eigenvalue weighted by Gasteiger charge is 2.40.